The molecule has 4 aromatic heterocycles. The molecule has 0 fully saturated rings. The standard InChI is InChI=1S/C31H29N5O5S.C27H21N5O5S/c1-31(2,3)41-30(38)18-9-11-21(12-10-18)34-28(37)20-8-6-7-19(15-20)26-35-27(25-29(36-26)42-17-32-25)33-22-13-14-23(39-4)24(16-22)40-5;1-36-20-11-10-19(13-21(20)37-2)29-24-22-26(38-14-28-22)32-23(31-24)16-4-3-5-17(12-16)25(33)30-18-8-6-15(7-9-18)27(34)35/h6-17H,1-5H3,(H,34,37)(H,33,35,36);3-14H,1-2H3,(H,30,33)(H,34,35)(H,29,31,32). The number of benzene rings is 6. The summed E-state index contributed by atoms with van der Waals surface area (Å²) < 4.78 is 26.9. The first kappa shape index (κ1) is 54.7. The van der Waals surface area contributed by atoms with Gasteiger partial charge in [-0.3, -0.25) is 9.59 Å². The minimum absolute atomic E-state index is 0.137. The first-order valence-corrected chi connectivity index (χ1v) is 26.1. The molecule has 0 aliphatic heterocycles. The van der Waals surface area contributed by atoms with Crippen LogP contribution in [-0.2, 0) is 4.74 Å². The second kappa shape index (κ2) is 24.1. The maximum absolute atomic E-state index is 13.1. The van der Waals surface area contributed by atoms with Crippen molar-refractivity contribution in [2.45, 2.75) is 26.4 Å². The van der Waals surface area contributed by atoms with Gasteiger partial charge in [-0.2, -0.15) is 0 Å². The van der Waals surface area contributed by atoms with E-state index in [-0.39, 0.29) is 17.4 Å². The van der Waals surface area contributed by atoms with Gasteiger partial charge in [-0.05, 0) is 118 Å². The Labute approximate surface area is 465 Å². The van der Waals surface area contributed by atoms with E-state index in [1.165, 1.54) is 46.9 Å². The minimum Gasteiger partial charge on any atom is -0.493 e. The van der Waals surface area contributed by atoms with Gasteiger partial charge in [0.1, 0.15) is 26.3 Å². The Hall–Kier alpha value is -10.1. The molecule has 4 heterocycles. The number of ether oxygens (including phenoxy) is 5. The van der Waals surface area contributed by atoms with Gasteiger partial charge in [-0.1, -0.05) is 24.3 Å². The fourth-order valence-electron chi connectivity index (χ4n) is 7.79. The summed E-state index contributed by atoms with van der Waals surface area (Å²) in [4.78, 5) is 78.4. The number of thiazole rings is 2. The Morgan fingerprint density at radius 1 is 0.475 bits per heavy atom. The number of anilines is 6. The molecule has 10 aromatic rings. The molecule has 0 unspecified atom stereocenters. The number of carboxylic acid groups (broad SMARTS) is 1. The van der Waals surface area contributed by atoms with E-state index in [0.717, 1.165) is 11.4 Å². The molecule has 0 saturated heterocycles. The third-order valence-electron chi connectivity index (χ3n) is 11.6. The predicted molar refractivity (Wildman–Crippen MR) is 308 cm³/mol. The quantitative estimate of drug-likeness (QED) is 0.0563. The van der Waals surface area contributed by atoms with E-state index in [0.29, 0.717) is 106 Å². The van der Waals surface area contributed by atoms with Crippen molar-refractivity contribution in [3.8, 4) is 45.8 Å². The summed E-state index contributed by atoms with van der Waals surface area (Å²) >= 11 is 2.78. The van der Waals surface area contributed by atoms with Gasteiger partial charge in [-0.25, -0.2) is 39.5 Å². The average molecular weight is 1110 g/mol. The molecule has 2 amide bonds. The molecule has 0 radical (unpaired) electrons. The largest absolute Gasteiger partial charge is 0.493 e. The molecule has 0 aliphatic carbocycles. The Bertz CT molecular complexity index is 3920. The number of esters is 1. The van der Waals surface area contributed by atoms with Crippen LogP contribution in [0.2, 0.25) is 0 Å². The summed E-state index contributed by atoms with van der Waals surface area (Å²) in [6, 6.07) is 37.4. The highest BCUT2D eigenvalue weighted by atomic mass is 32.1. The van der Waals surface area contributed by atoms with Gasteiger partial charge in [0.05, 0.1) is 50.6 Å². The highest BCUT2D eigenvalue weighted by Crippen LogP contribution is 2.36. The molecule has 6 aromatic carbocycles. The molecule has 0 saturated carbocycles. The SMILES string of the molecule is COc1ccc(Nc2nc(-c3cccc(C(=O)Nc4ccc(C(=O)O)cc4)c3)nc3scnc23)cc1OC.COc1ccc(Nc2nc(-c3cccc(C(=O)Nc4ccc(C(=O)OC(C)(C)C)cc4)c3)nc3scnc23)cc1OC. The zero-order valence-electron chi connectivity index (χ0n) is 44.0. The highest BCUT2D eigenvalue weighted by Gasteiger charge is 2.20. The van der Waals surface area contributed by atoms with Crippen LogP contribution in [0.1, 0.15) is 62.2 Å². The van der Waals surface area contributed by atoms with Gasteiger partial charge in [-0.15, -0.1) is 22.7 Å². The number of carbonyl (C=O) groups excluding carboxylic acids is 3. The average Bonchev–Trinajstić information content (AvgIpc) is 4.19. The molecule has 5 N–H and O–H groups in total. The zero-order valence-corrected chi connectivity index (χ0v) is 45.6. The lowest BCUT2D eigenvalue weighted by molar-refractivity contribution is 0.00690. The lowest BCUT2D eigenvalue weighted by Gasteiger charge is -2.19. The smallest absolute Gasteiger partial charge is 0.338 e. The second-order valence-corrected chi connectivity index (χ2v) is 19.9. The number of aromatic carboxylic acids is 1. The maximum atomic E-state index is 13.1. The molecule has 22 heteroatoms. The molecule has 404 valence electrons. The van der Waals surface area contributed by atoms with E-state index in [2.05, 4.69) is 41.2 Å². The zero-order chi connectivity index (χ0) is 56.5. The van der Waals surface area contributed by atoms with Crippen molar-refractivity contribution >= 4 is 102 Å². The molecular formula is C58H50N10O10S2. The summed E-state index contributed by atoms with van der Waals surface area (Å²) in [6.45, 7) is 5.43. The van der Waals surface area contributed by atoms with Crippen molar-refractivity contribution in [2.24, 2.45) is 0 Å². The number of carbonyl (C=O) groups is 4. The van der Waals surface area contributed by atoms with E-state index in [4.69, 9.17) is 38.8 Å². The van der Waals surface area contributed by atoms with Crippen LogP contribution in [-0.4, -0.2) is 92.8 Å². The van der Waals surface area contributed by atoms with Crippen LogP contribution in [0.3, 0.4) is 0 Å². The Morgan fingerprint density at radius 3 is 1.29 bits per heavy atom. The van der Waals surface area contributed by atoms with Gasteiger partial charge >= 0.3 is 11.9 Å². The van der Waals surface area contributed by atoms with Crippen LogP contribution in [0.4, 0.5) is 34.4 Å². The number of hydrogen-bond donors (Lipinski definition) is 5. The van der Waals surface area contributed by atoms with E-state index in [9.17, 15) is 19.2 Å². The fourth-order valence-corrected chi connectivity index (χ4v) is 9.10. The number of methoxy groups -OCH3 is 4. The number of fused-ring (bicyclic) bond motifs is 2. The first-order valence-electron chi connectivity index (χ1n) is 24.3. The van der Waals surface area contributed by atoms with E-state index in [1.807, 2.05) is 51.1 Å². The van der Waals surface area contributed by atoms with E-state index < -0.39 is 17.5 Å². The normalized spacial score (nSPS) is 10.9. The molecular weight excluding hydrogens is 1060 g/mol. The number of amides is 2. The van der Waals surface area contributed by atoms with Crippen molar-refractivity contribution in [1.29, 1.82) is 0 Å². The number of hydrogen-bond acceptors (Lipinski definition) is 19. The Morgan fingerprint density at radius 2 is 0.887 bits per heavy atom. The summed E-state index contributed by atoms with van der Waals surface area (Å²) in [5.74, 6) is 2.11. The van der Waals surface area contributed by atoms with Crippen LogP contribution in [0.5, 0.6) is 23.0 Å². The molecule has 0 bridgehead atoms. The van der Waals surface area contributed by atoms with E-state index >= 15 is 0 Å². The number of nitrogens with one attached hydrogen (secondary N) is 4. The van der Waals surface area contributed by atoms with Crippen LogP contribution in [0.25, 0.3) is 43.5 Å². The maximum Gasteiger partial charge on any atom is 0.338 e. The summed E-state index contributed by atoms with van der Waals surface area (Å²) in [5, 5.41) is 21.3. The number of rotatable bonds is 16. The molecule has 0 aliphatic rings. The van der Waals surface area contributed by atoms with Crippen LogP contribution >= 0.6 is 22.7 Å². The Balaban J connectivity index is 0.000000195. The van der Waals surface area contributed by atoms with Crippen LogP contribution in [0.15, 0.2) is 144 Å². The van der Waals surface area contributed by atoms with Gasteiger partial charge in [0.2, 0.25) is 0 Å². The third kappa shape index (κ3) is 13.0. The third-order valence-corrected chi connectivity index (χ3v) is 13.1. The molecule has 0 spiro atoms. The topological polar surface area (TPSA) is 260 Å². The van der Waals surface area contributed by atoms with Crippen molar-refractivity contribution in [3.63, 3.8) is 0 Å². The van der Waals surface area contributed by atoms with Crippen LogP contribution in [0, 0.1) is 0 Å². The van der Waals surface area contributed by atoms with Gasteiger partial charge in [0.15, 0.2) is 46.3 Å². The molecule has 0 atom stereocenters. The Kier molecular flexibility index (Phi) is 16.5. The van der Waals surface area contributed by atoms with Gasteiger partial charge in [0, 0.05) is 57.1 Å². The molecule has 10 rings (SSSR count). The van der Waals surface area contributed by atoms with Gasteiger partial charge < -0.3 is 50.1 Å². The number of aromatic nitrogens is 6. The van der Waals surface area contributed by atoms with Crippen LogP contribution < -0.4 is 40.2 Å². The lowest BCUT2D eigenvalue weighted by Crippen LogP contribution is -2.23. The number of carboxylic acids is 1. The molecule has 80 heavy (non-hydrogen) atoms. The van der Waals surface area contributed by atoms with Crippen molar-refractivity contribution in [3.05, 3.63) is 167 Å². The summed E-state index contributed by atoms with van der Waals surface area (Å²) in [7, 11) is 6.30. The van der Waals surface area contributed by atoms with Crippen molar-refractivity contribution in [1.82, 2.24) is 29.9 Å². The number of nitrogens with zero attached hydrogens (tertiary/aromatic N) is 6. The lowest BCUT2D eigenvalue weighted by atomic mass is 10.1. The predicted octanol–water partition coefficient (Wildman–Crippen LogP) is 12.2. The minimum atomic E-state index is -1.03. The highest BCUT2D eigenvalue weighted by molar-refractivity contribution is 7.16. The summed E-state index contributed by atoms with van der Waals surface area (Å²) in [6.07, 6.45) is 0. The van der Waals surface area contributed by atoms with Crippen molar-refractivity contribution in [2.75, 3.05) is 49.7 Å². The monoisotopic (exact) mass is 1110 g/mol. The van der Waals surface area contributed by atoms with Gasteiger partial charge in [0.25, 0.3) is 11.8 Å². The first-order chi connectivity index (χ1) is 38.6. The van der Waals surface area contributed by atoms with E-state index in [1.54, 1.807) is 118 Å². The van der Waals surface area contributed by atoms with Crippen molar-refractivity contribution < 1.29 is 48.0 Å². The second-order valence-electron chi connectivity index (χ2n) is 18.2. The fraction of sp³-hybridized carbons (Fsp3) is 0.138. The summed E-state index contributed by atoms with van der Waals surface area (Å²) in [5.41, 5.74) is 9.20. The molecule has 20 nitrogen and oxygen atoms in total.